The highest BCUT2D eigenvalue weighted by atomic mass is 79.9. The van der Waals surface area contributed by atoms with Gasteiger partial charge in [0.25, 0.3) is 5.91 Å². The number of hydrogen-bond donors (Lipinski definition) is 2. The highest BCUT2D eigenvalue weighted by Gasteiger charge is 2.12. The molecule has 0 fully saturated rings. The van der Waals surface area contributed by atoms with Gasteiger partial charge in [-0.25, -0.2) is 4.98 Å². The Labute approximate surface area is 131 Å². The van der Waals surface area contributed by atoms with Gasteiger partial charge in [-0.1, -0.05) is 17.7 Å². The molecular weight excluding hydrogens is 397 g/mol. The van der Waals surface area contributed by atoms with Gasteiger partial charge in [0.1, 0.15) is 5.82 Å². The highest BCUT2D eigenvalue weighted by molar-refractivity contribution is 9.11. The fraction of sp³-hybridized carbons (Fsp3) is 0. The van der Waals surface area contributed by atoms with Gasteiger partial charge in [0.15, 0.2) is 0 Å². The number of nitrogens with one attached hydrogen (secondary N) is 1. The van der Waals surface area contributed by atoms with E-state index in [1.807, 2.05) is 18.2 Å². The fourth-order valence-corrected chi connectivity index (χ4v) is 2.74. The number of pyridine rings is 1. The molecule has 7 heteroatoms. The van der Waals surface area contributed by atoms with Crippen LogP contribution >= 0.6 is 43.5 Å². The van der Waals surface area contributed by atoms with E-state index >= 15 is 0 Å². The molecule has 0 aliphatic heterocycles. The lowest BCUT2D eigenvalue weighted by Gasteiger charge is -2.09. The first-order chi connectivity index (χ1) is 8.99. The number of hydrogen-bond acceptors (Lipinski definition) is 3. The fourth-order valence-electron chi connectivity index (χ4n) is 1.38. The second kappa shape index (κ2) is 5.90. The molecule has 3 N–H and O–H groups in total. The number of carbonyl (C=O) groups excluding carboxylic acids is 1. The van der Waals surface area contributed by atoms with Gasteiger partial charge in [-0.15, -0.1) is 0 Å². The summed E-state index contributed by atoms with van der Waals surface area (Å²) >= 11 is 12.6. The predicted molar refractivity (Wildman–Crippen MR) is 83.5 cm³/mol. The monoisotopic (exact) mass is 403 g/mol. The van der Waals surface area contributed by atoms with E-state index in [9.17, 15) is 4.79 Å². The van der Waals surface area contributed by atoms with Crippen molar-refractivity contribution < 1.29 is 4.79 Å². The zero-order valence-corrected chi connectivity index (χ0v) is 13.4. The maximum atomic E-state index is 12.1. The average molecular weight is 405 g/mol. The van der Waals surface area contributed by atoms with Crippen LogP contribution in [0.25, 0.3) is 0 Å². The van der Waals surface area contributed by atoms with E-state index in [1.54, 1.807) is 0 Å². The Hall–Kier alpha value is -1.11. The van der Waals surface area contributed by atoms with Crippen molar-refractivity contribution >= 4 is 60.9 Å². The quantitative estimate of drug-likeness (QED) is 0.791. The number of carbonyl (C=O) groups is 1. The van der Waals surface area contributed by atoms with Crippen LogP contribution in [0, 0.1) is 0 Å². The third kappa shape index (κ3) is 3.26. The maximum Gasteiger partial charge on any atom is 0.257 e. The number of nitrogens with zero attached hydrogens (tertiary/aromatic N) is 1. The van der Waals surface area contributed by atoms with Gasteiger partial charge < -0.3 is 11.1 Å². The second-order valence-electron chi connectivity index (χ2n) is 3.64. The van der Waals surface area contributed by atoms with Crippen molar-refractivity contribution in [3.8, 4) is 0 Å². The van der Waals surface area contributed by atoms with Crippen molar-refractivity contribution in [3.63, 3.8) is 0 Å². The summed E-state index contributed by atoms with van der Waals surface area (Å²) in [7, 11) is 0. The molecule has 0 aliphatic rings. The molecule has 0 unspecified atom stereocenters. The molecule has 1 aromatic carbocycles. The van der Waals surface area contributed by atoms with E-state index in [0.717, 1.165) is 8.95 Å². The van der Waals surface area contributed by atoms with E-state index in [4.69, 9.17) is 17.3 Å². The van der Waals surface area contributed by atoms with Gasteiger partial charge in [-0.05, 0) is 50.1 Å². The van der Waals surface area contributed by atoms with E-state index < -0.39 is 0 Å². The summed E-state index contributed by atoms with van der Waals surface area (Å²) in [6.45, 7) is 0. The summed E-state index contributed by atoms with van der Waals surface area (Å²) in [5.41, 5.74) is 6.47. The highest BCUT2D eigenvalue weighted by Crippen LogP contribution is 2.31. The summed E-state index contributed by atoms with van der Waals surface area (Å²) < 4.78 is 1.54. The number of aromatic nitrogens is 1. The minimum atomic E-state index is -0.318. The smallest absolute Gasteiger partial charge is 0.257 e. The number of nitrogens with two attached hydrogens (primary N) is 1. The molecule has 0 spiro atoms. The molecule has 1 aromatic heterocycles. The van der Waals surface area contributed by atoms with E-state index in [-0.39, 0.29) is 16.7 Å². The molecule has 0 radical (unpaired) electrons. The summed E-state index contributed by atoms with van der Waals surface area (Å²) in [5.74, 6) is -0.123. The normalized spacial score (nSPS) is 10.3. The number of benzene rings is 1. The summed E-state index contributed by atoms with van der Waals surface area (Å²) in [5, 5.41) is 3.02. The first-order valence-corrected chi connectivity index (χ1v) is 7.12. The Morgan fingerprint density at radius 1 is 1.32 bits per heavy atom. The molecule has 4 nitrogen and oxygen atoms in total. The molecule has 0 aliphatic carbocycles. The average Bonchev–Trinajstić information content (AvgIpc) is 2.37. The van der Waals surface area contributed by atoms with Crippen molar-refractivity contribution in [1.82, 2.24) is 4.98 Å². The van der Waals surface area contributed by atoms with E-state index in [1.165, 1.54) is 12.3 Å². The molecule has 0 saturated heterocycles. The zero-order chi connectivity index (χ0) is 14.0. The Balaban J connectivity index is 2.28. The third-order valence-electron chi connectivity index (χ3n) is 2.33. The van der Waals surface area contributed by atoms with Crippen LogP contribution in [-0.2, 0) is 0 Å². The number of halogens is 3. The molecule has 0 saturated carbocycles. The summed E-state index contributed by atoms with van der Waals surface area (Å²) in [6.07, 6.45) is 1.38. The van der Waals surface area contributed by atoms with Crippen LogP contribution in [-0.4, -0.2) is 10.9 Å². The van der Waals surface area contributed by atoms with Crippen LogP contribution in [0.2, 0.25) is 5.02 Å². The predicted octanol–water partition coefficient (Wildman–Crippen LogP) is 4.09. The van der Waals surface area contributed by atoms with Crippen molar-refractivity contribution in [1.29, 1.82) is 0 Å². The van der Waals surface area contributed by atoms with Crippen LogP contribution in [0.1, 0.15) is 10.4 Å². The van der Waals surface area contributed by atoms with Gasteiger partial charge in [-0.3, -0.25) is 4.79 Å². The lowest BCUT2D eigenvalue weighted by molar-refractivity contribution is 0.102. The Morgan fingerprint density at radius 3 is 2.53 bits per heavy atom. The first-order valence-electron chi connectivity index (χ1n) is 5.15. The van der Waals surface area contributed by atoms with Crippen molar-refractivity contribution in [2.24, 2.45) is 0 Å². The number of amides is 1. The zero-order valence-electron chi connectivity index (χ0n) is 9.45. The molecule has 1 heterocycles. The van der Waals surface area contributed by atoms with E-state index in [2.05, 4.69) is 42.2 Å². The standard InChI is InChI=1S/C12H8Br2ClN3O/c13-7-2-1-3-8(14)10(7)18-12(19)6-4-9(15)11(16)17-5-6/h1-5H,(H2,16,17)(H,18,19). The Kier molecular flexibility index (Phi) is 4.44. The van der Waals surface area contributed by atoms with Crippen molar-refractivity contribution in [3.05, 3.63) is 50.0 Å². The Bertz CT molecular complexity index is 629. The van der Waals surface area contributed by atoms with Gasteiger partial charge >= 0.3 is 0 Å². The van der Waals surface area contributed by atoms with E-state index in [0.29, 0.717) is 11.3 Å². The van der Waals surface area contributed by atoms with Crippen LogP contribution in [0.5, 0.6) is 0 Å². The summed E-state index contributed by atoms with van der Waals surface area (Å²) in [6, 6.07) is 6.98. The number of para-hydroxylation sites is 1. The molecule has 0 atom stereocenters. The minimum Gasteiger partial charge on any atom is -0.382 e. The van der Waals surface area contributed by atoms with Gasteiger partial charge in [-0.2, -0.15) is 0 Å². The van der Waals surface area contributed by atoms with Crippen molar-refractivity contribution in [2.75, 3.05) is 11.1 Å². The largest absolute Gasteiger partial charge is 0.382 e. The van der Waals surface area contributed by atoms with Gasteiger partial charge in [0.05, 0.1) is 16.3 Å². The minimum absolute atomic E-state index is 0.195. The maximum absolute atomic E-state index is 12.1. The summed E-state index contributed by atoms with van der Waals surface area (Å²) in [4.78, 5) is 15.9. The van der Waals surface area contributed by atoms with Crippen LogP contribution < -0.4 is 11.1 Å². The molecule has 2 aromatic rings. The molecular formula is C12H8Br2ClN3O. The topological polar surface area (TPSA) is 68.0 Å². The first kappa shape index (κ1) is 14.3. The number of anilines is 2. The van der Waals surface area contributed by atoms with Gasteiger partial charge in [0.2, 0.25) is 0 Å². The van der Waals surface area contributed by atoms with Crippen molar-refractivity contribution in [2.45, 2.75) is 0 Å². The van der Waals surface area contributed by atoms with Crippen LogP contribution in [0.3, 0.4) is 0 Å². The molecule has 1 amide bonds. The number of nitrogen functional groups attached to an aromatic ring is 1. The van der Waals surface area contributed by atoms with Crippen LogP contribution in [0.4, 0.5) is 11.5 Å². The van der Waals surface area contributed by atoms with Gasteiger partial charge in [0, 0.05) is 15.1 Å². The SMILES string of the molecule is Nc1ncc(C(=O)Nc2c(Br)cccc2Br)cc1Cl. The Morgan fingerprint density at radius 2 is 1.95 bits per heavy atom. The number of rotatable bonds is 2. The lowest BCUT2D eigenvalue weighted by atomic mass is 10.2. The molecule has 0 bridgehead atoms. The molecule has 98 valence electrons. The second-order valence-corrected chi connectivity index (χ2v) is 5.76. The molecule has 19 heavy (non-hydrogen) atoms. The lowest BCUT2D eigenvalue weighted by Crippen LogP contribution is -2.13. The molecule has 2 rings (SSSR count). The third-order valence-corrected chi connectivity index (χ3v) is 3.96. The van der Waals surface area contributed by atoms with Crippen LogP contribution in [0.15, 0.2) is 39.4 Å².